The normalized spacial score (nSPS) is 13.7. The highest BCUT2D eigenvalue weighted by atomic mass is 16.6. The number of carbonyl (C=O) groups is 8. The zero-order valence-corrected chi connectivity index (χ0v) is 72.2. The molecule has 0 N–H and O–H groups in total. The van der Waals surface area contributed by atoms with Crippen LogP contribution in [-0.2, 0) is 59.8 Å². The second kappa shape index (κ2) is 36.5. The molecule has 11 rings (SSSR count). The molecule has 118 heavy (non-hydrogen) atoms. The van der Waals surface area contributed by atoms with Gasteiger partial charge in [-0.3, -0.25) is 38.6 Å². The standard InChI is InChI=1S/C98H116N4O16/c1-21-25-27-73(91(107)99(45-23-3)47-49-111-51-53-113-93(109)59(5)6)101-87(103)69-55-75(115-65-37-29-61(30-38-65)95(9,10)11)81-83-77(117-67-41-33-63(34-42-67)97(15,16)17)57-71-80-72(90(106)102(89(71)105)74(28-26-22-2)92(108)100(46-24-4)48-50-112-52-54-114-94(110)60(7)8)58-78(118-68-43-35-64(36-44-68)98(18,19)20)84(86(80)83)82-76(56-70(88(101)104)79(69)85(81)82)116-66-39-31-62(32-40-66)96(12,13)14/h29-44,55-58,73-74H,5,7,21-28,45-54H2,1-4,6,8-20H3. The molecule has 0 bridgehead atoms. The van der Waals surface area contributed by atoms with Crippen molar-refractivity contribution in [3.8, 4) is 46.0 Å². The Kier molecular flexibility index (Phi) is 27.2. The van der Waals surface area contributed by atoms with Crippen LogP contribution in [0.2, 0.25) is 0 Å². The van der Waals surface area contributed by atoms with Crippen molar-refractivity contribution in [1.82, 2.24) is 19.6 Å². The van der Waals surface area contributed by atoms with E-state index in [2.05, 4.69) is 96.2 Å². The van der Waals surface area contributed by atoms with Gasteiger partial charge in [0.2, 0.25) is 11.8 Å². The summed E-state index contributed by atoms with van der Waals surface area (Å²) in [5.74, 6) is -3.33. The lowest BCUT2D eigenvalue weighted by molar-refractivity contribution is -0.141. The van der Waals surface area contributed by atoms with Gasteiger partial charge in [0.1, 0.15) is 71.3 Å². The number of rotatable bonds is 36. The average molecular weight is 1610 g/mol. The van der Waals surface area contributed by atoms with Gasteiger partial charge in [-0.25, -0.2) is 9.59 Å². The maximum atomic E-state index is 16.8. The van der Waals surface area contributed by atoms with Crippen molar-refractivity contribution >= 4 is 90.5 Å². The van der Waals surface area contributed by atoms with Crippen molar-refractivity contribution in [1.29, 1.82) is 0 Å². The number of esters is 2. The summed E-state index contributed by atoms with van der Waals surface area (Å²) in [5, 5.41) is 2.14. The number of ether oxygens (including phenoxy) is 8. The second-order valence-corrected chi connectivity index (χ2v) is 35.2. The topological polar surface area (TPSA) is 223 Å². The third-order valence-corrected chi connectivity index (χ3v) is 21.8. The first-order valence-electron chi connectivity index (χ1n) is 41.6. The molecule has 0 saturated carbocycles. The summed E-state index contributed by atoms with van der Waals surface area (Å²) in [7, 11) is 0. The number of hydrogen-bond acceptors (Lipinski definition) is 16. The molecule has 0 aliphatic carbocycles. The van der Waals surface area contributed by atoms with Crippen molar-refractivity contribution < 1.29 is 76.3 Å². The van der Waals surface area contributed by atoms with Gasteiger partial charge in [-0.15, -0.1) is 0 Å². The number of hydrogen-bond donors (Lipinski definition) is 0. The largest absolute Gasteiger partial charge is 0.460 e. The van der Waals surface area contributed by atoms with Crippen LogP contribution in [0.25, 0.3) is 43.1 Å². The smallest absolute Gasteiger partial charge is 0.333 e. The molecule has 0 aromatic heterocycles. The number of carbonyl (C=O) groups excluding carboxylic acids is 8. The van der Waals surface area contributed by atoms with E-state index in [9.17, 15) is 9.59 Å². The van der Waals surface area contributed by atoms with Crippen LogP contribution in [0.1, 0.15) is 240 Å². The predicted molar refractivity (Wildman–Crippen MR) is 463 cm³/mol. The third-order valence-electron chi connectivity index (χ3n) is 21.8. The zero-order chi connectivity index (χ0) is 85.6. The van der Waals surface area contributed by atoms with E-state index in [0.29, 0.717) is 93.8 Å². The first-order chi connectivity index (χ1) is 55.9. The van der Waals surface area contributed by atoms with E-state index in [1.807, 2.05) is 125 Å². The van der Waals surface area contributed by atoms with Gasteiger partial charge in [0.15, 0.2) is 0 Å². The molecule has 0 radical (unpaired) electrons. The van der Waals surface area contributed by atoms with E-state index in [1.165, 1.54) is 0 Å². The van der Waals surface area contributed by atoms with E-state index in [4.69, 9.17) is 37.9 Å². The van der Waals surface area contributed by atoms with Crippen LogP contribution in [-0.4, -0.2) is 145 Å². The Labute approximate surface area is 694 Å². The molecule has 0 spiro atoms. The van der Waals surface area contributed by atoms with Crippen molar-refractivity contribution in [3.05, 3.63) is 190 Å². The summed E-state index contributed by atoms with van der Waals surface area (Å²) < 4.78 is 52.2. The first kappa shape index (κ1) is 87.9. The van der Waals surface area contributed by atoms with E-state index in [0.717, 1.165) is 32.1 Å². The SMILES string of the molecule is C=C(C)C(=O)OCCOCCN(CCC)C(=O)C(CCCC)N1C(=O)c2cc(Oc3ccc(C(C)(C)C)cc3)c3c4c(Oc5ccc(C(C)(C)C)cc5)cc5c6c(cc(Oc7ccc(C(C)(C)C)cc7)c(c7c(Oc8ccc(C(C)(C)C)cc8)cc(c2c37)C1=O)c64)C(=O)N(C(CCCC)C(=O)N(CCC)CCOCCOC(=O)C(=C)C)C5=O. The minimum absolute atomic E-state index is 0.0204. The zero-order valence-electron chi connectivity index (χ0n) is 72.2. The van der Waals surface area contributed by atoms with Crippen molar-refractivity contribution in [2.24, 2.45) is 0 Å². The molecule has 2 aliphatic heterocycles. The minimum atomic E-state index is -1.33. The Morgan fingerprint density at radius 3 is 0.822 bits per heavy atom. The summed E-state index contributed by atoms with van der Waals surface area (Å²) in [6.45, 7) is 44.4. The number of nitrogens with zero attached hydrogens (tertiary/aromatic N) is 4. The van der Waals surface area contributed by atoms with Crippen LogP contribution in [0.3, 0.4) is 0 Å². The average Bonchev–Trinajstić information content (AvgIpc) is 0.669. The van der Waals surface area contributed by atoms with Crippen molar-refractivity contribution in [3.63, 3.8) is 0 Å². The van der Waals surface area contributed by atoms with Gasteiger partial charge in [-0.05, 0) is 156 Å². The number of amides is 6. The predicted octanol–water partition coefficient (Wildman–Crippen LogP) is 21.2. The second-order valence-electron chi connectivity index (χ2n) is 35.2. The molecule has 2 unspecified atom stereocenters. The molecule has 0 saturated heterocycles. The van der Waals surface area contributed by atoms with E-state index >= 15 is 28.8 Å². The minimum Gasteiger partial charge on any atom is -0.460 e. The lowest BCUT2D eigenvalue weighted by Gasteiger charge is -2.37. The quantitative estimate of drug-likeness (QED) is 0.00889. The van der Waals surface area contributed by atoms with Crippen LogP contribution < -0.4 is 18.9 Å². The van der Waals surface area contributed by atoms with Crippen LogP contribution >= 0.6 is 0 Å². The highest BCUT2D eigenvalue weighted by Crippen LogP contribution is 2.58. The monoisotopic (exact) mass is 1600 g/mol. The summed E-state index contributed by atoms with van der Waals surface area (Å²) in [5.41, 5.74) is 3.47. The maximum absolute atomic E-state index is 16.8. The number of unbranched alkanes of at least 4 members (excludes halogenated alkanes) is 2. The number of benzene rings is 9. The molecule has 20 heteroatoms. The third kappa shape index (κ3) is 18.9. The molecular formula is C98H116N4O16. The van der Waals surface area contributed by atoms with Crippen LogP contribution in [0, 0.1) is 0 Å². The fourth-order valence-electron chi connectivity index (χ4n) is 15.4. The lowest BCUT2D eigenvalue weighted by atomic mass is 9.80. The fraction of sp³-hybridized carbons (Fsp3) is 0.429. The number of fused-ring (bicyclic) bond motifs is 2. The van der Waals surface area contributed by atoms with Gasteiger partial charge < -0.3 is 47.7 Å². The maximum Gasteiger partial charge on any atom is 0.333 e. The molecule has 2 heterocycles. The highest BCUT2D eigenvalue weighted by Gasteiger charge is 2.47. The summed E-state index contributed by atoms with van der Waals surface area (Å²) in [4.78, 5) is 129. The van der Waals surface area contributed by atoms with Crippen molar-refractivity contribution in [2.75, 3.05) is 65.8 Å². The molecule has 0 fully saturated rings. The van der Waals surface area contributed by atoms with Gasteiger partial charge in [-0.2, -0.15) is 0 Å². The molecule has 20 nitrogen and oxygen atoms in total. The summed E-state index contributed by atoms with van der Waals surface area (Å²) in [6.07, 6.45) is 3.40. The Balaban J connectivity index is 1.26. The van der Waals surface area contributed by atoms with Gasteiger partial charge in [0.25, 0.3) is 23.6 Å². The Bertz CT molecular complexity index is 4710. The molecule has 9 aromatic rings. The molecular weight excluding hydrogens is 1490 g/mol. The van der Waals surface area contributed by atoms with Crippen LogP contribution in [0.15, 0.2) is 146 Å². The first-order valence-corrected chi connectivity index (χ1v) is 41.6. The lowest BCUT2D eigenvalue weighted by Crippen LogP contribution is -2.55. The van der Waals surface area contributed by atoms with Gasteiger partial charge in [0, 0.05) is 80.4 Å². The van der Waals surface area contributed by atoms with Gasteiger partial charge >= 0.3 is 11.9 Å². The highest BCUT2D eigenvalue weighted by molar-refractivity contribution is 6.45. The molecule has 624 valence electrons. The molecule has 9 aromatic carbocycles. The molecule has 2 aliphatic rings. The van der Waals surface area contributed by atoms with Gasteiger partial charge in [0.05, 0.1) is 48.7 Å². The Morgan fingerprint density at radius 1 is 0.347 bits per heavy atom. The van der Waals surface area contributed by atoms with E-state index in [-0.39, 0.29) is 167 Å². The van der Waals surface area contributed by atoms with Crippen molar-refractivity contribution in [2.45, 2.75) is 210 Å². The number of imide groups is 2. The van der Waals surface area contributed by atoms with Gasteiger partial charge in [-0.1, -0.05) is 198 Å². The van der Waals surface area contributed by atoms with E-state index in [1.54, 1.807) is 47.9 Å². The molecule has 6 amide bonds. The summed E-state index contributed by atoms with van der Waals surface area (Å²) >= 11 is 0. The van der Waals surface area contributed by atoms with Crippen LogP contribution in [0.4, 0.5) is 0 Å². The fourth-order valence-corrected chi connectivity index (χ4v) is 15.4. The Morgan fingerprint density at radius 2 is 0.602 bits per heavy atom. The van der Waals surface area contributed by atoms with E-state index < -0.39 is 59.5 Å². The molecule has 2 atom stereocenters. The Hall–Kier alpha value is -11.0. The van der Waals surface area contributed by atoms with Crippen LogP contribution in [0.5, 0.6) is 46.0 Å². The summed E-state index contributed by atoms with van der Waals surface area (Å²) in [6, 6.07) is 34.5.